The summed E-state index contributed by atoms with van der Waals surface area (Å²) in [7, 11) is 3.81. The van der Waals surface area contributed by atoms with Gasteiger partial charge in [-0.15, -0.1) is 0 Å². The molecule has 0 bridgehead atoms. The lowest BCUT2D eigenvalue weighted by molar-refractivity contribution is -0.118. The number of ether oxygens (including phenoxy) is 1. The number of pyridine rings is 1. The summed E-state index contributed by atoms with van der Waals surface area (Å²) in [6.07, 6.45) is 1.61. The summed E-state index contributed by atoms with van der Waals surface area (Å²) in [5.74, 6) is 1.17. The van der Waals surface area contributed by atoms with Gasteiger partial charge < -0.3 is 15.0 Å². The van der Waals surface area contributed by atoms with Gasteiger partial charge in [0.15, 0.2) is 6.61 Å². The Balaban J connectivity index is 1.85. The molecular weight excluding hydrogens is 290 g/mol. The molecule has 1 aromatic heterocycles. The van der Waals surface area contributed by atoms with Gasteiger partial charge in [-0.3, -0.25) is 4.79 Å². The normalized spacial score (nSPS) is 10.0. The summed E-state index contributed by atoms with van der Waals surface area (Å²) >= 11 is 5.77. The number of carbonyl (C=O) groups excluding carboxylic acids is 1. The molecule has 1 aromatic carbocycles. The molecule has 0 saturated carbocycles. The molecule has 110 valence electrons. The Morgan fingerprint density at radius 3 is 2.52 bits per heavy atom. The van der Waals surface area contributed by atoms with Crippen LogP contribution < -0.4 is 15.0 Å². The summed E-state index contributed by atoms with van der Waals surface area (Å²) in [6, 6.07) is 10.5. The fraction of sp³-hybridized carbons (Fsp3) is 0.200. The van der Waals surface area contributed by atoms with Crippen LogP contribution >= 0.6 is 11.6 Å². The van der Waals surface area contributed by atoms with Crippen LogP contribution in [0.25, 0.3) is 0 Å². The van der Waals surface area contributed by atoms with Gasteiger partial charge in [0.25, 0.3) is 5.91 Å². The highest BCUT2D eigenvalue weighted by atomic mass is 35.5. The lowest BCUT2D eigenvalue weighted by Crippen LogP contribution is -2.20. The molecule has 1 N–H and O–H groups in total. The average molecular weight is 306 g/mol. The average Bonchev–Trinajstić information content (AvgIpc) is 2.47. The molecule has 21 heavy (non-hydrogen) atoms. The minimum absolute atomic E-state index is 0.0724. The maximum absolute atomic E-state index is 11.8. The maximum atomic E-state index is 11.8. The first-order chi connectivity index (χ1) is 10.0. The van der Waals surface area contributed by atoms with Crippen molar-refractivity contribution in [2.45, 2.75) is 0 Å². The predicted molar refractivity (Wildman–Crippen MR) is 84.1 cm³/mol. The van der Waals surface area contributed by atoms with Gasteiger partial charge >= 0.3 is 0 Å². The van der Waals surface area contributed by atoms with Crippen molar-refractivity contribution in [1.29, 1.82) is 0 Å². The number of aromatic nitrogens is 1. The number of benzene rings is 1. The van der Waals surface area contributed by atoms with Crippen LogP contribution in [0.15, 0.2) is 42.6 Å². The van der Waals surface area contributed by atoms with Crippen LogP contribution in [0.1, 0.15) is 0 Å². The molecule has 0 aliphatic carbocycles. The Hall–Kier alpha value is -2.27. The van der Waals surface area contributed by atoms with Crippen LogP contribution in [0.3, 0.4) is 0 Å². The number of halogens is 1. The zero-order valence-electron chi connectivity index (χ0n) is 11.8. The van der Waals surface area contributed by atoms with E-state index in [1.54, 1.807) is 36.5 Å². The Morgan fingerprint density at radius 1 is 1.24 bits per heavy atom. The van der Waals surface area contributed by atoms with Crippen molar-refractivity contribution >= 4 is 29.0 Å². The minimum Gasteiger partial charge on any atom is -0.484 e. The van der Waals surface area contributed by atoms with Crippen molar-refractivity contribution < 1.29 is 9.53 Å². The monoisotopic (exact) mass is 305 g/mol. The van der Waals surface area contributed by atoms with E-state index >= 15 is 0 Å². The molecule has 1 amide bonds. The van der Waals surface area contributed by atoms with E-state index in [-0.39, 0.29) is 12.5 Å². The molecule has 0 fully saturated rings. The van der Waals surface area contributed by atoms with E-state index in [1.807, 2.05) is 25.1 Å². The third-order valence-corrected chi connectivity index (χ3v) is 2.93. The highest BCUT2D eigenvalue weighted by molar-refractivity contribution is 6.30. The lowest BCUT2D eigenvalue weighted by atomic mass is 10.3. The van der Waals surface area contributed by atoms with Crippen molar-refractivity contribution in [1.82, 2.24) is 4.98 Å². The van der Waals surface area contributed by atoms with Crippen molar-refractivity contribution in [2.24, 2.45) is 0 Å². The van der Waals surface area contributed by atoms with Gasteiger partial charge in [-0.2, -0.15) is 0 Å². The smallest absolute Gasteiger partial charge is 0.262 e. The molecule has 2 rings (SSSR count). The highest BCUT2D eigenvalue weighted by Gasteiger charge is 2.05. The van der Waals surface area contributed by atoms with Gasteiger partial charge in [-0.1, -0.05) is 11.6 Å². The van der Waals surface area contributed by atoms with E-state index in [2.05, 4.69) is 10.3 Å². The second-order valence-electron chi connectivity index (χ2n) is 4.59. The van der Waals surface area contributed by atoms with Crippen LogP contribution in [0.5, 0.6) is 5.75 Å². The molecule has 0 atom stereocenters. The van der Waals surface area contributed by atoms with Crippen LogP contribution in [0.2, 0.25) is 5.02 Å². The number of carbonyl (C=O) groups is 1. The number of nitrogens with one attached hydrogen (secondary N) is 1. The molecule has 0 spiro atoms. The molecule has 2 aromatic rings. The van der Waals surface area contributed by atoms with Gasteiger partial charge in [0.2, 0.25) is 0 Å². The zero-order chi connectivity index (χ0) is 15.2. The van der Waals surface area contributed by atoms with E-state index < -0.39 is 0 Å². The maximum Gasteiger partial charge on any atom is 0.262 e. The third kappa shape index (κ3) is 4.65. The molecule has 0 aliphatic rings. The van der Waals surface area contributed by atoms with E-state index in [0.29, 0.717) is 16.5 Å². The van der Waals surface area contributed by atoms with Gasteiger partial charge in [-0.25, -0.2) is 4.98 Å². The summed E-state index contributed by atoms with van der Waals surface area (Å²) in [4.78, 5) is 17.9. The Kier molecular flexibility index (Phi) is 5.00. The first-order valence-corrected chi connectivity index (χ1v) is 6.74. The second kappa shape index (κ2) is 6.95. The molecule has 0 radical (unpaired) electrons. The number of nitrogens with zero attached hydrogens (tertiary/aromatic N) is 2. The molecule has 1 heterocycles. The van der Waals surface area contributed by atoms with E-state index in [4.69, 9.17) is 16.3 Å². The molecule has 0 aliphatic heterocycles. The molecule has 0 unspecified atom stereocenters. The minimum atomic E-state index is -0.246. The first kappa shape index (κ1) is 15.1. The van der Waals surface area contributed by atoms with Crippen LogP contribution in [0.4, 0.5) is 11.5 Å². The van der Waals surface area contributed by atoms with Crippen molar-refractivity contribution in [2.75, 3.05) is 30.9 Å². The molecular formula is C15H16ClN3O2. The number of hydrogen-bond acceptors (Lipinski definition) is 4. The van der Waals surface area contributed by atoms with E-state index in [9.17, 15) is 4.79 Å². The number of hydrogen-bond donors (Lipinski definition) is 1. The summed E-state index contributed by atoms with van der Waals surface area (Å²) in [5.41, 5.74) is 0.630. The largest absolute Gasteiger partial charge is 0.484 e. The van der Waals surface area contributed by atoms with Gasteiger partial charge in [0, 0.05) is 19.1 Å². The lowest BCUT2D eigenvalue weighted by Gasteiger charge is -2.12. The first-order valence-electron chi connectivity index (χ1n) is 6.36. The zero-order valence-corrected chi connectivity index (χ0v) is 12.6. The predicted octanol–water partition coefficient (Wildman–Crippen LogP) is 2.82. The van der Waals surface area contributed by atoms with Crippen molar-refractivity contribution in [3.8, 4) is 5.75 Å². The van der Waals surface area contributed by atoms with Gasteiger partial charge in [0.05, 0.1) is 11.9 Å². The number of rotatable bonds is 5. The standard InChI is InChI=1S/C15H16ClN3O2/c1-19(2)14-8-5-12(9-17-14)18-15(20)10-21-13-6-3-11(16)4-7-13/h3-9H,10H2,1-2H3,(H,18,20). The number of amides is 1. The highest BCUT2D eigenvalue weighted by Crippen LogP contribution is 2.15. The fourth-order valence-corrected chi connectivity index (χ4v) is 1.73. The van der Waals surface area contributed by atoms with Crippen LogP contribution in [-0.4, -0.2) is 31.6 Å². The van der Waals surface area contributed by atoms with Crippen LogP contribution in [-0.2, 0) is 4.79 Å². The van der Waals surface area contributed by atoms with E-state index in [0.717, 1.165) is 5.82 Å². The van der Waals surface area contributed by atoms with Crippen LogP contribution in [0, 0.1) is 0 Å². The molecule has 0 saturated heterocycles. The van der Waals surface area contributed by atoms with Gasteiger partial charge in [0.1, 0.15) is 11.6 Å². The third-order valence-electron chi connectivity index (χ3n) is 2.67. The quantitative estimate of drug-likeness (QED) is 0.923. The Morgan fingerprint density at radius 2 is 1.95 bits per heavy atom. The molecule has 5 nitrogen and oxygen atoms in total. The SMILES string of the molecule is CN(C)c1ccc(NC(=O)COc2ccc(Cl)cc2)cn1. The Bertz CT molecular complexity index is 597. The summed E-state index contributed by atoms with van der Waals surface area (Å²) in [5, 5.41) is 3.34. The van der Waals surface area contributed by atoms with E-state index in [1.165, 1.54) is 0 Å². The topological polar surface area (TPSA) is 54.5 Å². The summed E-state index contributed by atoms with van der Waals surface area (Å²) in [6.45, 7) is -0.0724. The second-order valence-corrected chi connectivity index (χ2v) is 5.03. The fourth-order valence-electron chi connectivity index (χ4n) is 1.60. The van der Waals surface area contributed by atoms with Crippen molar-refractivity contribution in [3.05, 3.63) is 47.6 Å². The van der Waals surface area contributed by atoms with Crippen molar-refractivity contribution in [3.63, 3.8) is 0 Å². The number of anilines is 2. The summed E-state index contributed by atoms with van der Waals surface area (Å²) < 4.78 is 5.36. The van der Waals surface area contributed by atoms with Gasteiger partial charge in [-0.05, 0) is 36.4 Å². The molecule has 6 heteroatoms. The Labute approximate surface area is 128 Å².